The van der Waals surface area contributed by atoms with E-state index in [1.54, 1.807) is 17.0 Å². The lowest BCUT2D eigenvalue weighted by Crippen LogP contribution is -2.50. The van der Waals surface area contributed by atoms with Crippen LogP contribution in [0, 0.1) is 0 Å². The van der Waals surface area contributed by atoms with Gasteiger partial charge in [0.1, 0.15) is 0 Å². The van der Waals surface area contributed by atoms with E-state index >= 15 is 0 Å². The van der Waals surface area contributed by atoms with Gasteiger partial charge >= 0.3 is 0 Å². The Morgan fingerprint density at radius 1 is 1.15 bits per heavy atom. The Morgan fingerprint density at radius 2 is 1.81 bits per heavy atom. The third kappa shape index (κ3) is 3.01. The summed E-state index contributed by atoms with van der Waals surface area (Å²) < 4.78 is 27.2. The molecule has 1 aromatic heterocycles. The molecule has 2 aliphatic rings. The third-order valence-corrected chi connectivity index (χ3v) is 6.76. The Bertz CT molecular complexity index is 926. The van der Waals surface area contributed by atoms with Crippen molar-refractivity contribution < 1.29 is 13.2 Å². The quantitative estimate of drug-likeness (QED) is 0.781. The summed E-state index contributed by atoms with van der Waals surface area (Å²) in [4.78, 5) is 14.5. The van der Waals surface area contributed by atoms with Crippen molar-refractivity contribution in [3.05, 3.63) is 41.7 Å². The summed E-state index contributed by atoms with van der Waals surface area (Å²) in [5, 5.41) is 8.38. The van der Waals surface area contributed by atoms with Crippen molar-refractivity contribution >= 4 is 15.9 Å². The Hall–Kier alpha value is -2.26. The zero-order valence-electron chi connectivity index (χ0n) is 14.7. The van der Waals surface area contributed by atoms with E-state index < -0.39 is 10.0 Å². The van der Waals surface area contributed by atoms with Gasteiger partial charge in [-0.25, -0.2) is 17.4 Å². The highest BCUT2D eigenvalue weighted by Gasteiger charge is 2.34. The number of rotatable bonds is 5. The van der Waals surface area contributed by atoms with Gasteiger partial charge in [0.2, 0.25) is 10.0 Å². The molecule has 0 bridgehead atoms. The Balaban J connectivity index is 1.39. The molecule has 1 aromatic carbocycles. The van der Waals surface area contributed by atoms with Crippen LogP contribution in [0.1, 0.15) is 40.9 Å². The lowest BCUT2D eigenvalue weighted by molar-refractivity contribution is 0.0498. The number of benzene rings is 1. The lowest BCUT2D eigenvalue weighted by atomic mass is 10.1. The van der Waals surface area contributed by atoms with Crippen LogP contribution in [0.25, 0.3) is 0 Å². The van der Waals surface area contributed by atoms with Gasteiger partial charge in [0, 0.05) is 44.9 Å². The van der Waals surface area contributed by atoms with Crippen molar-refractivity contribution in [1.82, 2.24) is 24.2 Å². The molecule has 1 aliphatic heterocycles. The highest BCUT2D eigenvalue weighted by atomic mass is 32.2. The van der Waals surface area contributed by atoms with Gasteiger partial charge in [0.25, 0.3) is 5.91 Å². The summed E-state index contributed by atoms with van der Waals surface area (Å²) in [7, 11) is -0.527. The summed E-state index contributed by atoms with van der Waals surface area (Å²) >= 11 is 0. The molecule has 1 saturated carbocycles. The number of carbonyl (C=O) groups excluding carboxylic acids is 1. The van der Waals surface area contributed by atoms with Crippen LogP contribution < -0.4 is 0 Å². The summed E-state index contributed by atoms with van der Waals surface area (Å²) in [6, 6.07) is 6.23. The van der Waals surface area contributed by atoms with Crippen molar-refractivity contribution in [2.24, 2.45) is 0 Å². The van der Waals surface area contributed by atoms with Crippen LogP contribution in [0.5, 0.6) is 0 Å². The number of hydrogen-bond donors (Lipinski definition) is 0. The maximum absolute atomic E-state index is 12.5. The minimum Gasteiger partial charge on any atom is -0.334 e. The zero-order valence-corrected chi connectivity index (χ0v) is 15.6. The summed E-state index contributed by atoms with van der Waals surface area (Å²) in [5.74, 6) is 0.469. The molecule has 1 amide bonds. The predicted octanol–water partition coefficient (Wildman–Crippen LogP) is 1.10. The molecule has 0 spiro atoms. The number of hydrogen-bond acceptors (Lipinski definition) is 5. The van der Waals surface area contributed by atoms with Gasteiger partial charge in [-0.3, -0.25) is 4.79 Å². The van der Waals surface area contributed by atoms with Crippen LogP contribution in [0.2, 0.25) is 0 Å². The molecule has 0 radical (unpaired) electrons. The Morgan fingerprint density at radius 3 is 2.38 bits per heavy atom. The second kappa shape index (κ2) is 6.17. The van der Waals surface area contributed by atoms with Gasteiger partial charge < -0.3 is 4.90 Å². The first-order valence-electron chi connectivity index (χ1n) is 8.60. The van der Waals surface area contributed by atoms with Crippen molar-refractivity contribution in [2.75, 3.05) is 27.2 Å². The summed E-state index contributed by atoms with van der Waals surface area (Å²) in [6.07, 6.45) is 4.37. The second-order valence-corrected chi connectivity index (χ2v) is 9.23. The largest absolute Gasteiger partial charge is 0.334 e. The first kappa shape index (κ1) is 17.2. The molecule has 0 atom stereocenters. The Kier molecular flexibility index (Phi) is 4.07. The zero-order chi connectivity index (χ0) is 18.5. The fraction of sp³-hybridized carbons (Fsp3) is 0.471. The number of sulfonamides is 1. The molecule has 0 N–H and O–H groups in total. The molecule has 1 saturated heterocycles. The van der Waals surface area contributed by atoms with Crippen molar-refractivity contribution in [1.29, 1.82) is 0 Å². The van der Waals surface area contributed by atoms with Crippen LogP contribution in [0.3, 0.4) is 0 Å². The number of likely N-dealkylation sites (tertiary alicyclic amines) is 1. The summed E-state index contributed by atoms with van der Waals surface area (Å²) in [6.45, 7) is 1.17. The van der Waals surface area contributed by atoms with Crippen molar-refractivity contribution in [3.63, 3.8) is 0 Å². The van der Waals surface area contributed by atoms with Crippen LogP contribution in [-0.2, 0) is 10.0 Å². The van der Waals surface area contributed by atoms with Gasteiger partial charge in [0.05, 0.1) is 16.6 Å². The minimum atomic E-state index is -3.49. The van der Waals surface area contributed by atoms with Gasteiger partial charge in [-0.2, -0.15) is 0 Å². The van der Waals surface area contributed by atoms with E-state index in [9.17, 15) is 13.2 Å². The van der Waals surface area contributed by atoms with E-state index in [1.165, 1.54) is 39.1 Å². The van der Waals surface area contributed by atoms with E-state index in [2.05, 4.69) is 10.3 Å². The van der Waals surface area contributed by atoms with Crippen molar-refractivity contribution in [2.45, 2.75) is 29.7 Å². The standard InChI is InChI=1S/C17H21N5O3S/c1-20(2)26(24,25)15-7-5-13(6-8-15)17(23)21-9-14(10-21)22-11-16(18-19-22)12-3-4-12/h5-8,11-12,14H,3-4,9-10H2,1-2H3. The fourth-order valence-corrected chi connectivity index (χ4v) is 3.89. The molecule has 0 unspecified atom stereocenters. The monoisotopic (exact) mass is 375 g/mol. The van der Waals surface area contributed by atoms with E-state index in [0.29, 0.717) is 24.6 Å². The molecule has 2 fully saturated rings. The van der Waals surface area contributed by atoms with Crippen LogP contribution in [0.15, 0.2) is 35.4 Å². The van der Waals surface area contributed by atoms with Crippen LogP contribution >= 0.6 is 0 Å². The first-order chi connectivity index (χ1) is 12.4. The molecule has 4 rings (SSSR count). The van der Waals surface area contributed by atoms with Gasteiger partial charge in [0.15, 0.2) is 0 Å². The highest BCUT2D eigenvalue weighted by Crippen LogP contribution is 2.39. The highest BCUT2D eigenvalue weighted by molar-refractivity contribution is 7.89. The maximum Gasteiger partial charge on any atom is 0.254 e. The minimum absolute atomic E-state index is 0.0995. The molecular formula is C17H21N5O3S. The predicted molar refractivity (Wildman–Crippen MR) is 94.3 cm³/mol. The van der Waals surface area contributed by atoms with E-state index in [1.807, 2.05) is 10.9 Å². The molecule has 2 aromatic rings. The SMILES string of the molecule is CN(C)S(=O)(=O)c1ccc(C(=O)N2CC(n3cc(C4CC4)nn3)C2)cc1. The molecule has 26 heavy (non-hydrogen) atoms. The fourth-order valence-electron chi connectivity index (χ4n) is 2.99. The summed E-state index contributed by atoms with van der Waals surface area (Å²) in [5.41, 5.74) is 1.53. The smallest absolute Gasteiger partial charge is 0.254 e. The Labute approximate surface area is 152 Å². The van der Waals surface area contributed by atoms with E-state index in [-0.39, 0.29) is 16.8 Å². The van der Waals surface area contributed by atoms with Crippen LogP contribution in [-0.4, -0.2) is 65.7 Å². The van der Waals surface area contributed by atoms with Crippen LogP contribution in [0.4, 0.5) is 0 Å². The lowest BCUT2D eigenvalue weighted by Gasteiger charge is -2.38. The average molecular weight is 375 g/mol. The number of nitrogens with zero attached hydrogens (tertiary/aromatic N) is 5. The molecule has 138 valence electrons. The van der Waals surface area contributed by atoms with E-state index in [4.69, 9.17) is 0 Å². The molecule has 1 aliphatic carbocycles. The number of aromatic nitrogens is 3. The average Bonchev–Trinajstić information content (AvgIpc) is 3.32. The molecule has 8 nitrogen and oxygen atoms in total. The van der Waals surface area contributed by atoms with Crippen molar-refractivity contribution in [3.8, 4) is 0 Å². The first-order valence-corrected chi connectivity index (χ1v) is 10.0. The second-order valence-electron chi connectivity index (χ2n) is 7.07. The third-order valence-electron chi connectivity index (χ3n) is 4.93. The van der Waals surface area contributed by atoms with Gasteiger partial charge in [-0.15, -0.1) is 5.10 Å². The maximum atomic E-state index is 12.5. The van der Waals surface area contributed by atoms with Gasteiger partial charge in [-0.1, -0.05) is 5.21 Å². The normalized spacial score (nSPS) is 18.2. The molecule has 9 heteroatoms. The van der Waals surface area contributed by atoms with Gasteiger partial charge in [-0.05, 0) is 37.1 Å². The molecular weight excluding hydrogens is 354 g/mol. The van der Waals surface area contributed by atoms with E-state index in [0.717, 1.165) is 10.00 Å². The number of amides is 1. The topological polar surface area (TPSA) is 88.4 Å². The molecule has 2 heterocycles. The number of carbonyl (C=O) groups is 1.